The van der Waals surface area contributed by atoms with Gasteiger partial charge in [0.25, 0.3) is 0 Å². The van der Waals surface area contributed by atoms with Crippen molar-refractivity contribution in [2.24, 2.45) is 0 Å². The van der Waals surface area contributed by atoms with E-state index in [0.717, 1.165) is 6.07 Å². The highest BCUT2D eigenvalue weighted by atomic mass is 32.2. The molecule has 42 heavy (non-hydrogen) atoms. The van der Waals surface area contributed by atoms with Crippen LogP contribution in [0.5, 0.6) is 11.6 Å². The zero-order valence-electron chi connectivity index (χ0n) is 22.9. The Kier molecular flexibility index (Phi) is 7.34. The topological polar surface area (TPSA) is 109 Å². The van der Waals surface area contributed by atoms with E-state index in [1.54, 1.807) is 45.0 Å². The van der Waals surface area contributed by atoms with Crippen LogP contribution >= 0.6 is 0 Å². The maximum absolute atomic E-state index is 14.6. The summed E-state index contributed by atoms with van der Waals surface area (Å²) in [6.07, 6.45) is -1.51. The lowest BCUT2D eigenvalue weighted by atomic mass is 10.0. The largest absolute Gasteiger partial charge is 0.534 e. The van der Waals surface area contributed by atoms with Crippen molar-refractivity contribution in [2.45, 2.75) is 50.8 Å². The summed E-state index contributed by atoms with van der Waals surface area (Å²) in [7, 11) is -4.84. The summed E-state index contributed by atoms with van der Waals surface area (Å²) in [5, 5.41) is 0.645. The quantitative estimate of drug-likeness (QED) is 0.110. The molecule has 1 aliphatic rings. The number of pyridine rings is 1. The second-order valence-electron chi connectivity index (χ2n) is 10.7. The van der Waals surface area contributed by atoms with Crippen molar-refractivity contribution in [2.75, 3.05) is 13.7 Å². The van der Waals surface area contributed by atoms with Gasteiger partial charge in [0.1, 0.15) is 5.60 Å². The Balaban J connectivity index is 1.86. The smallest absolute Gasteiger partial charge is 0.494 e. The molecule has 224 valence electrons. The Bertz CT molecular complexity index is 1810. The van der Waals surface area contributed by atoms with Crippen LogP contribution in [0.25, 0.3) is 21.8 Å². The summed E-state index contributed by atoms with van der Waals surface area (Å²) in [5.74, 6) is -1.57. The average molecular weight is 611 g/mol. The van der Waals surface area contributed by atoms with E-state index < -0.39 is 45.1 Å². The van der Waals surface area contributed by atoms with E-state index in [2.05, 4.69) is 9.17 Å². The molecule has 0 saturated carbocycles. The second kappa shape index (κ2) is 10.4. The second-order valence-corrected chi connectivity index (χ2v) is 12.2. The van der Waals surface area contributed by atoms with Gasteiger partial charge in [-0.25, -0.2) is 18.7 Å². The number of hydrogen-bond acceptors (Lipinski definition) is 8. The number of ether oxygens (including phenoxy) is 3. The number of rotatable bonds is 7. The van der Waals surface area contributed by atoms with Crippen molar-refractivity contribution in [3.05, 3.63) is 65.1 Å². The van der Waals surface area contributed by atoms with E-state index in [1.807, 2.05) is 0 Å². The van der Waals surface area contributed by atoms with Crippen LogP contribution in [-0.2, 0) is 32.4 Å². The SMILES string of the molecule is COc1ccc(Cc2nc(OS(=O)(=O)C(F)(F)F)c(CC3CO3)c3c4ccccc4n(C(=O)OC(C)(C)C)c23)cc1F. The standard InChI is InChI=1S/C28H26F4N2O7S/c1-27(2,3)40-26(35)34-21-8-6-5-7-17(21)23-18(13-16-14-39-16)25(41-42(36,37)28(30,31)32)33-20(24(23)34)12-15-9-10-22(38-4)19(29)11-15/h5-11,16H,12-14H2,1-4H3. The number of fused-ring (bicyclic) bond motifs is 3. The summed E-state index contributed by atoms with van der Waals surface area (Å²) in [6, 6.07) is 10.6. The van der Waals surface area contributed by atoms with Gasteiger partial charge in [-0.15, -0.1) is 0 Å². The molecular formula is C28H26F4N2O7S. The van der Waals surface area contributed by atoms with Crippen molar-refractivity contribution in [1.29, 1.82) is 0 Å². The number of alkyl halides is 3. The van der Waals surface area contributed by atoms with Gasteiger partial charge in [0, 0.05) is 29.2 Å². The Morgan fingerprint density at radius 1 is 1.14 bits per heavy atom. The molecule has 3 heterocycles. The van der Waals surface area contributed by atoms with Crippen molar-refractivity contribution in [3.8, 4) is 11.6 Å². The molecule has 5 rings (SSSR count). The number of carbonyl (C=O) groups is 1. The summed E-state index contributed by atoms with van der Waals surface area (Å²) in [4.78, 5) is 17.9. The highest BCUT2D eigenvalue weighted by molar-refractivity contribution is 7.88. The number of benzene rings is 2. The number of epoxide rings is 1. The molecule has 2 aromatic heterocycles. The molecule has 1 saturated heterocycles. The lowest BCUT2D eigenvalue weighted by molar-refractivity contribution is -0.0501. The van der Waals surface area contributed by atoms with Crippen LogP contribution in [0.2, 0.25) is 0 Å². The van der Waals surface area contributed by atoms with Crippen molar-refractivity contribution in [3.63, 3.8) is 0 Å². The molecule has 0 N–H and O–H groups in total. The molecule has 1 aliphatic heterocycles. The van der Waals surface area contributed by atoms with Crippen LogP contribution in [-0.4, -0.2) is 55.0 Å². The van der Waals surface area contributed by atoms with Crippen LogP contribution in [0.15, 0.2) is 42.5 Å². The highest BCUT2D eigenvalue weighted by Crippen LogP contribution is 2.41. The average Bonchev–Trinajstić information content (AvgIpc) is 3.62. The highest BCUT2D eigenvalue weighted by Gasteiger charge is 2.49. The molecule has 0 bridgehead atoms. The number of para-hydroxylation sites is 1. The molecular weight excluding hydrogens is 584 g/mol. The van der Waals surface area contributed by atoms with Crippen LogP contribution < -0.4 is 8.92 Å². The lowest BCUT2D eigenvalue weighted by Crippen LogP contribution is -2.29. The van der Waals surface area contributed by atoms with Gasteiger partial charge >= 0.3 is 21.7 Å². The Morgan fingerprint density at radius 2 is 1.83 bits per heavy atom. The van der Waals surface area contributed by atoms with Gasteiger partial charge in [-0.1, -0.05) is 24.3 Å². The predicted octanol–water partition coefficient (Wildman–Crippen LogP) is 5.88. The molecule has 0 amide bonds. The summed E-state index contributed by atoms with van der Waals surface area (Å²) in [5.41, 5.74) is -5.91. The molecule has 1 unspecified atom stereocenters. The number of hydrogen-bond donors (Lipinski definition) is 0. The molecule has 1 fully saturated rings. The zero-order valence-corrected chi connectivity index (χ0v) is 23.7. The first kappa shape index (κ1) is 29.6. The minimum atomic E-state index is -6.13. The van der Waals surface area contributed by atoms with E-state index in [1.165, 1.54) is 23.8 Å². The van der Waals surface area contributed by atoms with Crippen LogP contribution in [0, 0.1) is 5.82 Å². The molecule has 0 spiro atoms. The van der Waals surface area contributed by atoms with Gasteiger partial charge in [0.2, 0.25) is 5.88 Å². The van der Waals surface area contributed by atoms with Crippen molar-refractivity contribution < 1.29 is 49.2 Å². The Hall–Kier alpha value is -3.91. The molecule has 14 heteroatoms. The van der Waals surface area contributed by atoms with Gasteiger partial charge in [-0.05, 0) is 44.5 Å². The molecule has 1 atom stereocenters. The lowest BCUT2D eigenvalue weighted by Gasteiger charge is -2.21. The minimum absolute atomic E-state index is 0.00324. The molecule has 4 aromatic rings. The third kappa shape index (κ3) is 5.73. The van der Waals surface area contributed by atoms with E-state index in [9.17, 15) is 30.8 Å². The van der Waals surface area contributed by atoms with E-state index >= 15 is 0 Å². The first-order valence-electron chi connectivity index (χ1n) is 12.7. The molecule has 0 aliphatic carbocycles. The molecule has 0 radical (unpaired) electrons. The third-order valence-corrected chi connectivity index (χ3v) is 7.36. The number of nitrogens with zero attached hydrogens (tertiary/aromatic N) is 2. The van der Waals surface area contributed by atoms with Gasteiger partial charge < -0.3 is 18.4 Å². The van der Waals surface area contributed by atoms with Crippen molar-refractivity contribution >= 4 is 38.0 Å². The minimum Gasteiger partial charge on any atom is -0.494 e. The predicted molar refractivity (Wildman–Crippen MR) is 144 cm³/mol. The van der Waals surface area contributed by atoms with E-state index in [0.29, 0.717) is 16.5 Å². The number of aromatic nitrogens is 2. The molecule has 9 nitrogen and oxygen atoms in total. The van der Waals surface area contributed by atoms with E-state index in [-0.39, 0.29) is 47.4 Å². The fourth-order valence-electron chi connectivity index (χ4n) is 4.63. The fraction of sp³-hybridized carbons (Fsp3) is 0.357. The maximum Gasteiger partial charge on any atom is 0.534 e. The summed E-state index contributed by atoms with van der Waals surface area (Å²) >= 11 is 0. The first-order chi connectivity index (χ1) is 19.6. The Labute approximate surface area is 238 Å². The van der Waals surface area contributed by atoms with Crippen LogP contribution in [0.3, 0.4) is 0 Å². The van der Waals surface area contributed by atoms with Crippen LogP contribution in [0.1, 0.15) is 37.6 Å². The first-order valence-corrected chi connectivity index (χ1v) is 14.1. The van der Waals surface area contributed by atoms with Gasteiger partial charge in [0.05, 0.1) is 36.5 Å². The monoisotopic (exact) mass is 610 g/mol. The van der Waals surface area contributed by atoms with E-state index in [4.69, 9.17) is 14.2 Å². The third-order valence-electron chi connectivity index (χ3n) is 6.41. The number of carbonyl (C=O) groups excluding carboxylic acids is 1. The fourth-order valence-corrected chi connectivity index (χ4v) is 5.07. The maximum atomic E-state index is 14.6. The molecule has 2 aromatic carbocycles. The van der Waals surface area contributed by atoms with Crippen LogP contribution in [0.4, 0.5) is 22.4 Å². The van der Waals surface area contributed by atoms with Gasteiger partial charge in [-0.2, -0.15) is 21.6 Å². The van der Waals surface area contributed by atoms with Gasteiger partial charge in [0.15, 0.2) is 11.6 Å². The number of halogens is 4. The normalized spacial score (nSPS) is 15.7. The zero-order chi connectivity index (χ0) is 30.6. The van der Waals surface area contributed by atoms with Crippen molar-refractivity contribution in [1.82, 2.24) is 9.55 Å². The summed E-state index contributed by atoms with van der Waals surface area (Å²) in [6.45, 7) is 5.29. The van der Waals surface area contributed by atoms with Gasteiger partial charge in [-0.3, -0.25) is 0 Å². The Morgan fingerprint density at radius 3 is 2.43 bits per heavy atom. The summed E-state index contributed by atoms with van der Waals surface area (Å²) < 4.78 is 101. The number of methoxy groups -OCH3 is 1.